The molecular weight excluding hydrogens is 243 g/mol. The predicted octanol–water partition coefficient (Wildman–Crippen LogP) is 1.19. The van der Waals surface area contributed by atoms with E-state index in [-0.39, 0.29) is 6.61 Å². The SMILES string of the molecule is CCO/C=C/[C@@](O)(CNC(=O)OC)C(F)(F)F. The quantitative estimate of drug-likeness (QED) is 0.726. The van der Waals surface area contributed by atoms with Crippen molar-refractivity contribution < 1.29 is 32.5 Å². The van der Waals surface area contributed by atoms with Crippen LogP contribution in [0.2, 0.25) is 0 Å². The fourth-order valence-corrected chi connectivity index (χ4v) is 0.790. The smallest absolute Gasteiger partial charge is 0.422 e. The summed E-state index contributed by atoms with van der Waals surface area (Å²) in [6.07, 6.45) is -4.86. The van der Waals surface area contributed by atoms with Crippen molar-refractivity contribution in [3.05, 3.63) is 12.3 Å². The summed E-state index contributed by atoms with van der Waals surface area (Å²) in [6.45, 7) is 0.672. The first-order valence-corrected chi connectivity index (χ1v) is 4.67. The minimum absolute atomic E-state index is 0.162. The zero-order valence-electron chi connectivity index (χ0n) is 9.37. The highest BCUT2D eigenvalue weighted by Gasteiger charge is 2.52. The molecule has 0 spiro atoms. The Morgan fingerprint density at radius 3 is 2.47 bits per heavy atom. The van der Waals surface area contributed by atoms with E-state index in [1.165, 1.54) is 0 Å². The molecule has 0 radical (unpaired) electrons. The van der Waals surface area contributed by atoms with E-state index in [4.69, 9.17) is 0 Å². The number of alkyl carbamates (subject to hydrolysis) is 1. The average molecular weight is 257 g/mol. The Morgan fingerprint density at radius 2 is 2.06 bits per heavy atom. The van der Waals surface area contributed by atoms with E-state index in [1.807, 2.05) is 0 Å². The van der Waals surface area contributed by atoms with Gasteiger partial charge in [0.2, 0.25) is 0 Å². The van der Waals surface area contributed by atoms with E-state index in [0.717, 1.165) is 13.4 Å². The number of ether oxygens (including phenoxy) is 2. The highest BCUT2D eigenvalue weighted by molar-refractivity contribution is 5.67. The molecule has 0 saturated heterocycles. The summed E-state index contributed by atoms with van der Waals surface area (Å²) in [5, 5.41) is 11.1. The Bertz CT molecular complexity index is 280. The van der Waals surface area contributed by atoms with Gasteiger partial charge >= 0.3 is 12.3 Å². The second kappa shape index (κ2) is 6.33. The van der Waals surface area contributed by atoms with E-state index in [1.54, 1.807) is 12.2 Å². The molecule has 1 amide bonds. The first-order chi connectivity index (χ1) is 7.77. The molecule has 5 nitrogen and oxygen atoms in total. The number of hydrogen-bond acceptors (Lipinski definition) is 4. The van der Waals surface area contributed by atoms with Gasteiger partial charge in [-0.3, -0.25) is 0 Å². The molecule has 0 rings (SSSR count). The number of alkyl halides is 3. The molecule has 2 N–H and O–H groups in total. The number of halogens is 3. The third-order valence-corrected chi connectivity index (χ3v) is 1.79. The highest BCUT2D eigenvalue weighted by Crippen LogP contribution is 2.31. The monoisotopic (exact) mass is 257 g/mol. The largest absolute Gasteiger partial charge is 0.502 e. The van der Waals surface area contributed by atoms with Gasteiger partial charge in [-0.25, -0.2) is 4.79 Å². The molecule has 0 heterocycles. The van der Waals surface area contributed by atoms with E-state index in [0.29, 0.717) is 6.08 Å². The van der Waals surface area contributed by atoms with Crippen molar-refractivity contribution >= 4 is 6.09 Å². The lowest BCUT2D eigenvalue weighted by atomic mass is 10.0. The second-order valence-electron chi connectivity index (χ2n) is 3.03. The summed E-state index contributed by atoms with van der Waals surface area (Å²) in [5.74, 6) is 0. The number of methoxy groups -OCH3 is 1. The number of nitrogens with one attached hydrogen (secondary N) is 1. The lowest BCUT2D eigenvalue weighted by molar-refractivity contribution is -0.237. The molecule has 0 aliphatic carbocycles. The maximum atomic E-state index is 12.5. The third kappa shape index (κ3) is 4.94. The number of carbonyl (C=O) groups excluding carboxylic acids is 1. The van der Waals surface area contributed by atoms with Crippen molar-refractivity contribution in [2.45, 2.75) is 18.7 Å². The minimum atomic E-state index is -4.94. The second-order valence-corrected chi connectivity index (χ2v) is 3.03. The van der Waals surface area contributed by atoms with Crippen molar-refractivity contribution in [3.63, 3.8) is 0 Å². The van der Waals surface area contributed by atoms with Gasteiger partial charge in [0.1, 0.15) is 0 Å². The molecular formula is C9H14F3NO4. The van der Waals surface area contributed by atoms with Crippen molar-refractivity contribution in [2.24, 2.45) is 0 Å². The van der Waals surface area contributed by atoms with Crippen LogP contribution in [-0.4, -0.2) is 43.2 Å². The van der Waals surface area contributed by atoms with Gasteiger partial charge in [-0.1, -0.05) is 0 Å². The summed E-state index contributed by atoms with van der Waals surface area (Å²) in [7, 11) is 0.998. The number of carbonyl (C=O) groups is 1. The van der Waals surface area contributed by atoms with Crippen molar-refractivity contribution in [3.8, 4) is 0 Å². The molecule has 0 aromatic heterocycles. The summed E-state index contributed by atoms with van der Waals surface area (Å²) in [4.78, 5) is 10.6. The standard InChI is InChI=1S/C9H14F3NO4/c1-3-17-5-4-8(15,9(10,11)12)6-13-7(14)16-2/h4-5,15H,3,6H2,1-2H3,(H,13,14)/b5-4+/t8-/m1/s1. The van der Waals surface area contributed by atoms with Crippen LogP contribution in [0.4, 0.5) is 18.0 Å². The summed E-state index contributed by atoms with van der Waals surface area (Å²) in [6, 6.07) is 0. The first-order valence-electron chi connectivity index (χ1n) is 4.67. The zero-order valence-corrected chi connectivity index (χ0v) is 9.37. The van der Waals surface area contributed by atoms with Gasteiger partial charge in [0.25, 0.3) is 0 Å². The third-order valence-electron chi connectivity index (χ3n) is 1.79. The molecule has 0 aromatic carbocycles. The van der Waals surface area contributed by atoms with Crippen LogP contribution in [0, 0.1) is 0 Å². The van der Waals surface area contributed by atoms with Crippen LogP contribution >= 0.6 is 0 Å². The van der Waals surface area contributed by atoms with Crippen LogP contribution in [0.1, 0.15) is 6.92 Å². The molecule has 0 fully saturated rings. The van der Waals surface area contributed by atoms with Crippen LogP contribution in [0.3, 0.4) is 0 Å². The fourth-order valence-electron chi connectivity index (χ4n) is 0.790. The van der Waals surface area contributed by atoms with E-state index in [9.17, 15) is 23.1 Å². The first kappa shape index (κ1) is 15.6. The molecule has 0 unspecified atom stereocenters. The maximum absolute atomic E-state index is 12.5. The van der Waals surface area contributed by atoms with Gasteiger partial charge in [-0.15, -0.1) is 0 Å². The number of aliphatic hydroxyl groups is 1. The van der Waals surface area contributed by atoms with Gasteiger partial charge in [0.15, 0.2) is 5.60 Å². The molecule has 8 heteroatoms. The van der Waals surface area contributed by atoms with Gasteiger partial charge in [-0.05, 0) is 13.0 Å². The molecule has 0 aliphatic rings. The van der Waals surface area contributed by atoms with Gasteiger partial charge in [0.05, 0.1) is 26.5 Å². The molecule has 0 aromatic rings. The Balaban J connectivity index is 4.68. The fraction of sp³-hybridized carbons (Fsp3) is 0.667. The average Bonchev–Trinajstić information content (AvgIpc) is 2.24. The Hall–Kier alpha value is -1.44. The Morgan fingerprint density at radius 1 is 1.47 bits per heavy atom. The topological polar surface area (TPSA) is 67.8 Å². The van der Waals surface area contributed by atoms with Crippen LogP contribution < -0.4 is 5.32 Å². The molecule has 0 saturated carbocycles. The van der Waals surface area contributed by atoms with E-state index < -0.39 is 24.4 Å². The zero-order chi connectivity index (χ0) is 13.5. The lowest BCUT2D eigenvalue weighted by Crippen LogP contribution is -2.52. The molecule has 0 bridgehead atoms. The van der Waals surface area contributed by atoms with Gasteiger partial charge < -0.3 is 19.9 Å². The molecule has 17 heavy (non-hydrogen) atoms. The van der Waals surface area contributed by atoms with Crippen LogP contribution in [0.5, 0.6) is 0 Å². The Labute approximate surface area is 96.2 Å². The molecule has 0 aliphatic heterocycles. The predicted molar refractivity (Wildman–Crippen MR) is 52.2 cm³/mol. The van der Waals surface area contributed by atoms with Crippen molar-refractivity contribution in [1.82, 2.24) is 5.32 Å². The van der Waals surface area contributed by atoms with Crippen LogP contribution in [-0.2, 0) is 9.47 Å². The summed E-state index contributed by atoms with van der Waals surface area (Å²) >= 11 is 0. The summed E-state index contributed by atoms with van der Waals surface area (Å²) < 4.78 is 46.3. The number of rotatable bonds is 5. The maximum Gasteiger partial charge on any atom is 0.422 e. The number of amides is 1. The van der Waals surface area contributed by atoms with E-state index in [2.05, 4.69) is 9.47 Å². The van der Waals surface area contributed by atoms with E-state index >= 15 is 0 Å². The lowest BCUT2D eigenvalue weighted by Gasteiger charge is -2.27. The highest BCUT2D eigenvalue weighted by atomic mass is 19.4. The molecule has 1 atom stereocenters. The summed E-state index contributed by atoms with van der Waals surface area (Å²) in [5.41, 5.74) is -3.20. The van der Waals surface area contributed by atoms with Gasteiger partial charge in [-0.2, -0.15) is 13.2 Å². The minimum Gasteiger partial charge on any atom is -0.502 e. The van der Waals surface area contributed by atoms with Crippen LogP contribution in [0.15, 0.2) is 12.3 Å². The van der Waals surface area contributed by atoms with Gasteiger partial charge in [0, 0.05) is 0 Å². The number of hydrogen-bond donors (Lipinski definition) is 2. The van der Waals surface area contributed by atoms with Crippen molar-refractivity contribution in [2.75, 3.05) is 20.3 Å². The van der Waals surface area contributed by atoms with Crippen molar-refractivity contribution in [1.29, 1.82) is 0 Å². The Kier molecular flexibility index (Phi) is 5.80. The van der Waals surface area contributed by atoms with Crippen LogP contribution in [0.25, 0.3) is 0 Å². The molecule has 100 valence electrons. The normalized spacial score (nSPS) is 15.4.